The van der Waals surface area contributed by atoms with Gasteiger partial charge in [0.1, 0.15) is 19.0 Å². The third kappa shape index (κ3) is 9.66. The molecule has 0 aromatic heterocycles. The summed E-state index contributed by atoms with van der Waals surface area (Å²) < 4.78 is 65.1. The molecule has 49 heavy (non-hydrogen) atoms. The van der Waals surface area contributed by atoms with Crippen LogP contribution in [0, 0.1) is 23.3 Å². The van der Waals surface area contributed by atoms with Crippen LogP contribution in [0.1, 0.15) is 34.3 Å². The molecule has 252 valence electrons. The first-order valence-corrected chi connectivity index (χ1v) is 15.5. The average Bonchev–Trinajstić information content (AvgIpc) is 3.52. The highest BCUT2D eigenvalue weighted by Gasteiger charge is 2.29. The SMILES string of the molecule is O=C1/C(=C/c2ccc(F)c(F)c2)CC(NC(=O)c2ccc(OCCN3CCOC3=O)cc2)C/C1=C\c1ccc(F)c(F)c1.c1ccccc1. The lowest BCUT2D eigenvalue weighted by Crippen LogP contribution is -2.39. The van der Waals surface area contributed by atoms with Crippen LogP contribution in [0.3, 0.4) is 0 Å². The van der Waals surface area contributed by atoms with Crippen LogP contribution in [0.25, 0.3) is 12.2 Å². The fraction of sp³-hybridized carbons (Fsp3) is 0.184. The molecule has 1 heterocycles. The van der Waals surface area contributed by atoms with E-state index in [0.717, 1.165) is 24.3 Å². The lowest BCUT2D eigenvalue weighted by Gasteiger charge is -2.27. The number of nitrogens with one attached hydrogen (secondary N) is 1. The molecule has 1 N–H and O–H groups in total. The number of ether oxygens (including phenoxy) is 2. The van der Waals surface area contributed by atoms with Crippen LogP contribution in [0.5, 0.6) is 5.75 Å². The molecule has 0 radical (unpaired) electrons. The topological polar surface area (TPSA) is 84.9 Å². The number of benzene rings is 4. The molecule has 2 fully saturated rings. The molecule has 0 bridgehead atoms. The fourth-order valence-corrected chi connectivity index (χ4v) is 5.21. The highest BCUT2D eigenvalue weighted by atomic mass is 19.2. The first kappa shape index (κ1) is 34.6. The number of hydrogen-bond acceptors (Lipinski definition) is 5. The summed E-state index contributed by atoms with van der Waals surface area (Å²) in [4.78, 5) is 39.5. The summed E-state index contributed by atoms with van der Waals surface area (Å²) in [6.45, 7) is 1.46. The van der Waals surface area contributed by atoms with Crippen LogP contribution < -0.4 is 10.1 Å². The predicted molar refractivity (Wildman–Crippen MR) is 175 cm³/mol. The minimum atomic E-state index is -1.08. The smallest absolute Gasteiger partial charge is 0.410 e. The lowest BCUT2D eigenvalue weighted by molar-refractivity contribution is -0.113. The number of rotatable bonds is 8. The summed E-state index contributed by atoms with van der Waals surface area (Å²) in [5.41, 5.74) is 1.27. The van der Waals surface area contributed by atoms with Crippen LogP contribution in [-0.4, -0.2) is 55.0 Å². The van der Waals surface area contributed by atoms with Gasteiger partial charge in [0, 0.05) is 22.8 Å². The Balaban J connectivity index is 0.000000704. The van der Waals surface area contributed by atoms with Crippen molar-refractivity contribution >= 4 is 29.9 Å². The molecule has 1 aliphatic heterocycles. The van der Waals surface area contributed by atoms with E-state index in [9.17, 15) is 31.9 Å². The predicted octanol–water partition coefficient (Wildman–Crippen LogP) is 7.39. The van der Waals surface area contributed by atoms with Crippen molar-refractivity contribution in [3.8, 4) is 5.75 Å². The van der Waals surface area contributed by atoms with Gasteiger partial charge in [0.2, 0.25) is 0 Å². The fourth-order valence-electron chi connectivity index (χ4n) is 5.21. The number of Topliss-reactive ketones (excluding diaryl/α,β-unsaturated/α-hetero) is 1. The second kappa shape index (κ2) is 16.4. The summed E-state index contributed by atoms with van der Waals surface area (Å²) in [6.07, 6.45) is 2.63. The Labute approximate surface area is 280 Å². The summed E-state index contributed by atoms with van der Waals surface area (Å²) in [5.74, 6) is -4.56. The zero-order valence-electron chi connectivity index (χ0n) is 26.2. The normalized spacial score (nSPS) is 17.4. The first-order valence-electron chi connectivity index (χ1n) is 15.5. The number of carbonyl (C=O) groups excluding carboxylic acids is 3. The van der Waals surface area contributed by atoms with Crippen molar-refractivity contribution < 1.29 is 41.4 Å². The Hall–Kier alpha value is -5.71. The van der Waals surface area contributed by atoms with E-state index in [-0.39, 0.29) is 47.8 Å². The third-order valence-electron chi connectivity index (χ3n) is 7.68. The van der Waals surface area contributed by atoms with Crippen LogP contribution >= 0.6 is 0 Å². The van der Waals surface area contributed by atoms with Crippen molar-refractivity contribution in [3.63, 3.8) is 0 Å². The second-order valence-electron chi connectivity index (χ2n) is 11.2. The van der Waals surface area contributed by atoms with Crippen LogP contribution in [0.4, 0.5) is 22.4 Å². The maximum atomic E-state index is 13.8. The Morgan fingerprint density at radius 2 is 1.31 bits per heavy atom. The number of carbonyl (C=O) groups is 3. The van der Waals surface area contributed by atoms with Crippen LogP contribution in [0.2, 0.25) is 0 Å². The molecular formula is C38H32F4N2O5. The van der Waals surface area contributed by atoms with Gasteiger partial charge in [0.15, 0.2) is 29.1 Å². The molecule has 4 aromatic carbocycles. The molecule has 11 heteroatoms. The van der Waals surface area contributed by atoms with E-state index in [1.54, 1.807) is 24.3 Å². The van der Waals surface area contributed by atoms with E-state index in [4.69, 9.17) is 9.47 Å². The molecular weight excluding hydrogens is 640 g/mol. The summed E-state index contributed by atoms with van der Waals surface area (Å²) >= 11 is 0. The molecule has 0 unspecified atom stereocenters. The molecule has 1 saturated carbocycles. The Morgan fingerprint density at radius 3 is 1.78 bits per heavy atom. The van der Waals surface area contributed by atoms with Crippen molar-refractivity contribution in [1.29, 1.82) is 0 Å². The highest BCUT2D eigenvalue weighted by Crippen LogP contribution is 2.30. The van der Waals surface area contributed by atoms with E-state index >= 15 is 0 Å². The largest absolute Gasteiger partial charge is 0.492 e. The monoisotopic (exact) mass is 672 g/mol. The van der Waals surface area contributed by atoms with E-state index < -0.39 is 41.0 Å². The number of halogens is 4. The number of amides is 2. The number of nitrogens with zero attached hydrogens (tertiary/aromatic N) is 1. The molecule has 4 aromatic rings. The van der Waals surface area contributed by atoms with E-state index in [0.29, 0.717) is 31.0 Å². The molecule has 0 spiro atoms. The van der Waals surface area contributed by atoms with Gasteiger partial charge in [-0.1, -0.05) is 48.5 Å². The van der Waals surface area contributed by atoms with Crippen LogP contribution in [-0.2, 0) is 9.53 Å². The standard InChI is InChI=1S/C32H26F4N2O5.C6H6/c33-26-7-1-19(15-28(26)35)13-22-17-24(18-23(30(22)39)14-20-2-8-27(34)29(36)16-20)37-31(40)21-3-5-25(6-4-21)42-11-9-38-10-12-43-32(38)41;1-2-4-6-5-3-1/h1-8,13-16,24H,9-12,17-18H2,(H,37,40);1-6H/b22-13+,23-14+;. The first-order chi connectivity index (χ1) is 23.7. The summed E-state index contributed by atoms with van der Waals surface area (Å²) in [6, 6.07) is 24.2. The minimum Gasteiger partial charge on any atom is -0.492 e. The van der Waals surface area contributed by atoms with Crippen molar-refractivity contribution in [2.45, 2.75) is 18.9 Å². The number of ketones is 1. The molecule has 2 aliphatic rings. The number of cyclic esters (lactones) is 1. The molecule has 1 aliphatic carbocycles. The zero-order chi connectivity index (χ0) is 34.8. The summed E-state index contributed by atoms with van der Waals surface area (Å²) in [7, 11) is 0. The van der Waals surface area contributed by atoms with E-state index in [1.807, 2.05) is 36.4 Å². The van der Waals surface area contributed by atoms with Gasteiger partial charge in [0.25, 0.3) is 5.91 Å². The maximum absolute atomic E-state index is 13.8. The van der Waals surface area contributed by atoms with Gasteiger partial charge in [-0.15, -0.1) is 0 Å². The molecule has 1 saturated heterocycles. The van der Waals surface area contributed by atoms with Crippen LogP contribution in [0.15, 0.2) is 108 Å². The second-order valence-corrected chi connectivity index (χ2v) is 11.2. The third-order valence-corrected chi connectivity index (χ3v) is 7.68. The van der Waals surface area contributed by atoms with Gasteiger partial charge >= 0.3 is 6.09 Å². The molecule has 7 nitrogen and oxygen atoms in total. The van der Waals surface area contributed by atoms with Gasteiger partial charge in [-0.2, -0.15) is 0 Å². The Bertz CT molecular complexity index is 1760. The molecule has 6 rings (SSSR count). The van der Waals surface area contributed by atoms with Gasteiger partial charge in [-0.3, -0.25) is 9.59 Å². The van der Waals surface area contributed by atoms with Crippen molar-refractivity contribution in [3.05, 3.63) is 148 Å². The van der Waals surface area contributed by atoms with Crippen molar-refractivity contribution in [2.75, 3.05) is 26.3 Å². The zero-order valence-corrected chi connectivity index (χ0v) is 26.2. The van der Waals surface area contributed by atoms with E-state index in [1.165, 1.54) is 29.2 Å². The lowest BCUT2D eigenvalue weighted by atomic mass is 9.83. The average molecular weight is 673 g/mol. The maximum Gasteiger partial charge on any atom is 0.410 e. The Kier molecular flexibility index (Phi) is 11.6. The quantitative estimate of drug-likeness (QED) is 0.156. The Morgan fingerprint density at radius 1 is 0.776 bits per heavy atom. The van der Waals surface area contributed by atoms with E-state index in [2.05, 4.69) is 5.32 Å². The van der Waals surface area contributed by atoms with Gasteiger partial charge < -0.3 is 19.7 Å². The molecule has 0 atom stereocenters. The van der Waals surface area contributed by atoms with Gasteiger partial charge in [-0.05, 0) is 84.7 Å². The van der Waals surface area contributed by atoms with Gasteiger partial charge in [0.05, 0.1) is 13.1 Å². The molecule has 2 amide bonds. The van der Waals surface area contributed by atoms with Crippen molar-refractivity contribution in [2.24, 2.45) is 0 Å². The van der Waals surface area contributed by atoms with Crippen molar-refractivity contribution in [1.82, 2.24) is 10.2 Å². The van der Waals surface area contributed by atoms with Gasteiger partial charge in [-0.25, -0.2) is 22.4 Å². The minimum absolute atomic E-state index is 0.0960. The highest BCUT2D eigenvalue weighted by molar-refractivity contribution is 6.14. The number of hydrogen-bond donors (Lipinski definition) is 1. The summed E-state index contributed by atoms with van der Waals surface area (Å²) in [5, 5.41) is 2.89.